The molecule has 1 aromatic heterocycles. The van der Waals surface area contributed by atoms with Gasteiger partial charge in [0.25, 0.3) is 6.43 Å². The van der Waals surface area contributed by atoms with Gasteiger partial charge in [-0.05, 0) is 78.2 Å². The van der Waals surface area contributed by atoms with Gasteiger partial charge in [-0.2, -0.15) is 5.10 Å². The highest BCUT2D eigenvalue weighted by atomic mass is 32.2. The normalized spacial score (nSPS) is 13.4. The predicted molar refractivity (Wildman–Crippen MR) is 102 cm³/mol. The number of alkyl halides is 2. The Morgan fingerprint density at radius 2 is 1.93 bits per heavy atom. The Bertz CT molecular complexity index is 987. The van der Waals surface area contributed by atoms with Crippen LogP contribution >= 0.6 is 11.9 Å². The topological polar surface area (TPSA) is 64.1 Å². The number of fused-ring (bicyclic) bond motifs is 1. The lowest BCUT2D eigenvalue weighted by atomic mass is 10.0. The quantitative estimate of drug-likeness (QED) is 0.636. The molecule has 2 aromatic carbocycles. The van der Waals surface area contributed by atoms with Gasteiger partial charge in [-0.3, -0.25) is 5.14 Å². The minimum absolute atomic E-state index is 0.190. The molecule has 1 aliphatic rings. The fraction of sp³-hybridized carbons (Fsp3) is 0.250. The van der Waals surface area contributed by atoms with Gasteiger partial charge in [-0.25, -0.2) is 13.5 Å². The van der Waals surface area contributed by atoms with Crippen LogP contribution in [0.5, 0.6) is 0 Å². The Morgan fingerprint density at radius 1 is 1.11 bits per heavy atom. The molecule has 0 fully saturated rings. The molecule has 0 amide bonds. The van der Waals surface area contributed by atoms with Crippen LogP contribution in [0.4, 0.5) is 8.78 Å². The summed E-state index contributed by atoms with van der Waals surface area (Å²) in [5.74, 6) is 0. The molecule has 0 aliphatic heterocycles. The van der Waals surface area contributed by atoms with Gasteiger partial charge in [0.1, 0.15) is 5.69 Å². The molecule has 0 unspecified atom stereocenters. The fourth-order valence-corrected chi connectivity index (χ4v) is 4.00. The number of aromatic nitrogens is 2. The molecule has 1 heterocycles. The number of aliphatic hydroxyl groups is 1. The van der Waals surface area contributed by atoms with Crippen LogP contribution in [-0.2, 0) is 19.4 Å². The number of benzene rings is 2. The van der Waals surface area contributed by atoms with E-state index in [-0.39, 0.29) is 12.3 Å². The van der Waals surface area contributed by atoms with Crippen LogP contribution in [-0.4, -0.2) is 14.9 Å². The highest BCUT2D eigenvalue weighted by molar-refractivity contribution is 7.97. The number of halogens is 2. The van der Waals surface area contributed by atoms with Crippen molar-refractivity contribution >= 4 is 11.9 Å². The zero-order valence-electron chi connectivity index (χ0n) is 14.5. The minimum Gasteiger partial charge on any atom is -0.392 e. The lowest BCUT2D eigenvalue weighted by Gasteiger charge is -2.12. The lowest BCUT2D eigenvalue weighted by molar-refractivity contribution is 0.145. The van der Waals surface area contributed by atoms with Crippen molar-refractivity contribution in [2.24, 2.45) is 5.14 Å². The summed E-state index contributed by atoms with van der Waals surface area (Å²) >= 11 is 1.04. The standard InChI is InChI=1S/C20H19F2N3OS/c21-20(22)17-10-18(14-5-4-12-2-1-3-13(12)8-14)25(24-17)16-6-7-19(27-23)15(9-16)11-26/h4-10,20,26H,1-3,11,23H2. The van der Waals surface area contributed by atoms with E-state index in [1.165, 1.54) is 21.9 Å². The number of hydrogen-bond acceptors (Lipinski definition) is 4. The molecule has 7 heteroatoms. The monoisotopic (exact) mass is 387 g/mol. The Kier molecular flexibility index (Phi) is 4.99. The van der Waals surface area contributed by atoms with E-state index in [9.17, 15) is 13.9 Å². The Hall–Kier alpha value is -2.22. The average Bonchev–Trinajstić information content (AvgIpc) is 3.33. The molecule has 3 aromatic rings. The molecule has 140 valence electrons. The van der Waals surface area contributed by atoms with Crippen molar-refractivity contribution in [1.82, 2.24) is 9.78 Å². The lowest BCUT2D eigenvalue weighted by Crippen LogP contribution is -2.02. The molecular weight excluding hydrogens is 368 g/mol. The van der Waals surface area contributed by atoms with Crippen molar-refractivity contribution in [3.05, 3.63) is 64.8 Å². The molecule has 0 saturated heterocycles. The molecular formula is C20H19F2N3OS. The van der Waals surface area contributed by atoms with Gasteiger partial charge in [0.15, 0.2) is 0 Å². The van der Waals surface area contributed by atoms with Gasteiger partial charge >= 0.3 is 0 Å². The van der Waals surface area contributed by atoms with Crippen molar-refractivity contribution in [2.45, 2.75) is 37.2 Å². The van der Waals surface area contributed by atoms with Gasteiger partial charge in [-0.1, -0.05) is 12.1 Å². The molecule has 0 spiro atoms. The highest BCUT2D eigenvalue weighted by Gasteiger charge is 2.20. The third-order valence-corrected chi connectivity index (χ3v) is 5.58. The first-order valence-corrected chi connectivity index (χ1v) is 9.60. The van der Waals surface area contributed by atoms with Crippen molar-refractivity contribution < 1.29 is 13.9 Å². The van der Waals surface area contributed by atoms with E-state index in [0.29, 0.717) is 16.9 Å². The first kappa shape index (κ1) is 18.2. The van der Waals surface area contributed by atoms with Crippen LogP contribution in [0, 0.1) is 0 Å². The molecule has 27 heavy (non-hydrogen) atoms. The van der Waals surface area contributed by atoms with E-state index in [2.05, 4.69) is 17.2 Å². The van der Waals surface area contributed by atoms with E-state index < -0.39 is 6.43 Å². The van der Waals surface area contributed by atoms with Crippen LogP contribution in [0.3, 0.4) is 0 Å². The summed E-state index contributed by atoms with van der Waals surface area (Å²) in [6.45, 7) is -0.190. The zero-order valence-corrected chi connectivity index (χ0v) is 15.3. The Morgan fingerprint density at radius 3 is 2.67 bits per heavy atom. The van der Waals surface area contributed by atoms with E-state index in [0.717, 1.165) is 41.7 Å². The first-order chi connectivity index (χ1) is 13.1. The number of nitrogens with two attached hydrogens (primary N) is 1. The van der Waals surface area contributed by atoms with Gasteiger partial charge in [0.05, 0.1) is 18.0 Å². The van der Waals surface area contributed by atoms with Crippen molar-refractivity contribution in [1.29, 1.82) is 0 Å². The fourth-order valence-electron chi connectivity index (χ4n) is 3.58. The number of aliphatic hydroxyl groups excluding tert-OH is 1. The second-order valence-electron chi connectivity index (χ2n) is 6.57. The smallest absolute Gasteiger partial charge is 0.282 e. The second kappa shape index (κ2) is 7.42. The molecule has 3 N–H and O–H groups in total. The third kappa shape index (κ3) is 3.38. The number of aryl methyl sites for hydroxylation is 2. The van der Waals surface area contributed by atoms with Crippen LogP contribution in [0.2, 0.25) is 0 Å². The van der Waals surface area contributed by atoms with E-state index in [1.807, 2.05) is 6.07 Å². The summed E-state index contributed by atoms with van der Waals surface area (Å²) in [6, 6.07) is 12.8. The largest absolute Gasteiger partial charge is 0.392 e. The maximum atomic E-state index is 13.3. The number of rotatable bonds is 5. The summed E-state index contributed by atoms with van der Waals surface area (Å²) in [4.78, 5) is 0.738. The summed E-state index contributed by atoms with van der Waals surface area (Å²) in [5.41, 5.74) is 5.03. The van der Waals surface area contributed by atoms with Crippen molar-refractivity contribution in [3.8, 4) is 16.9 Å². The average molecular weight is 387 g/mol. The SMILES string of the molecule is NSc1ccc(-n2nc(C(F)F)cc2-c2ccc3c(c2)CCC3)cc1CO. The zero-order chi connectivity index (χ0) is 19.0. The van der Waals surface area contributed by atoms with Gasteiger partial charge in [0.2, 0.25) is 0 Å². The second-order valence-corrected chi connectivity index (χ2v) is 7.25. The van der Waals surface area contributed by atoms with E-state index in [1.54, 1.807) is 18.2 Å². The van der Waals surface area contributed by atoms with E-state index >= 15 is 0 Å². The Labute approximate surface area is 160 Å². The van der Waals surface area contributed by atoms with Crippen LogP contribution in [0.15, 0.2) is 47.4 Å². The molecule has 1 aliphatic carbocycles. The maximum Gasteiger partial charge on any atom is 0.282 e. The predicted octanol–water partition coefficient (Wildman–Crippen LogP) is 4.42. The summed E-state index contributed by atoms with van der Waals surface area (Å²) < 4.78 is 28.2. The Balaban J connectivity index is 1.86. The number of hydrogen-bond donors (Lipinski definition) is 2. The molecule has 0 saturated carbocycles. The maximum absolute atomic E-state index is 13.3. The summed E-state index contributed by atoms with van der Waals surface area (Å²) in [5, 5.41) is 19.3. The van der Waals surface area contributed by atoms with Crippen molar-refractivity contribution in [2.75, 3.05) is 0 Å². The van der Waals surface area contributed by atoms with Gasteiger partial charge in [0, 0.05) is 10.5 Å². The number of nitrogens with zero attached hydrogens (tertiary/aromatic N) is 2. The molecule has 4 rings (SSSR count). The van der Waals surface area contributed by atoms with Crippen LogP contribution < -0.4 is 5.14 Å². The van der Waals surface area contributed by atoms with Gasteiger partial charge < -0.3 is 5.11 Å². The van der Waals surface area contributed by atoms with Gasteiger partial charge in [-0.15, -0.1) is 0 Å². The van der Waals surface area contributed by atoms with Crippen molar-refractivity contribution in [3.63, 3.8) is 0 Å². The first-order valence-electron chi connectivity index (χ1n) is 8.72. The van der Waals surface area contributed by atoms with Crippen LogP contribution in [0.1, 0.15) is 35.2 Å². The third-order valence-electron chi connectivity index (χ3n) is 4.93. The summed E-state index contributed by atoms with van der Waals surface area (Å²) in [7, 11) is 0. The highest BCUT2D eigenvalue weighted by Crippen LogP contribution is 2.32. The van der Waals surface area contributed by atoms with Crippen LogP contribution in [0.25, 0.3) is 16.9 Å². The van der Waals surface area contributed by atoms with E-state index in [4.69, 9.17) is 5.14 Å². The molecule has 0 atom stereocenters. The summed E-state index contributed by atoms with van der Waals surface area (Å²) in [6.07, 6.45) is 0.541. The molecule has 4 nitrogen and oxygen atoms in total. The minimum atomic E-state index is -2.66. The molecule has 0 bridgehead atoms. The molecule has 0 radical (unpaired) electrons.